The van der Waals surface area contributed by atoms with Crippen LogP contribution in [-0.2, 0) is 17.9 Å². The van der Waals surface area contributed by atoms with Crippen LogP contribution in [0.25, 0.3) is 0 Å². The third kappa shape index (κ3) is 3.60. The molecule has 0 aromatic carbocycles. The van der Waals surface area contributed by atoms with Crippen molar-refractivity contribution in [3.8, 4) is 0 Å². The summed E-state index contributed by atoms with van der Waals surface area (Å²) in [6.07, 6.45) is 4.50. The van der Waals surface area contributed by atoms with Gasteiger partial charge >= 0.3 is 5.97 Å². The van der Waals surface area contributed by atoms with Crippen molar-refractivity contribution in [1.82, 2.24) is 25.3 Å². The number of nitrogens with one attached hydrogen (secondary N) is 1. The number of hydrogen-bond acceptors (Lipinski definition) is 5. The molecule has 0 saturated carbocycles. The first-order chi connectivity index (χ1) is 9.15. The number of carboxylic acids is 1. The Labute approximate surface area is 108 Å². The molecule has 98 valence electrons. The Kier molecular flexibility index (Phi) is 3.81. The predicted molar refractivity (Wildman–Crippen MR) is 63.1 cm³/mol. The third-order valence-electron chi connectivity index (χ3n) is 2.24. The van der Waals surface area contributed by atoms with E-state index in [4.69, 9.17) is 5.11 Å². The minimum Gasteiger partial charge on any atom is -0.480 e. The summed E-state index contributed by atoms with van der Waals surface area (Å²) in [5.41, 5.74) is 0.930. The molecule has 2 aromatic heterocycles. The summed E-state index contributed by atoms with van der Waals surface area (Å²) < 4.78 is 1.19. The molecule has 0 unspecified atom stereocenters. The number of hydrogen-bond donors (Lipinski definition) is 2. The van der Waals surface area contributed by atoms with Crippen LogP contribution in [0.4, 0.5) is 0 Å². The summed E-state index contributed by atoms with van der Waals surface area (Å²) in [4.78, 5) is 26.0. The number of aliphatic carboxylic acids is 1. The molecule has 8 heteroatoms. The molecule has 2 rings (SSSR count). The Bertz CT molecular complexity index is 581. The first-order valence-corrected chi connectivity index (χ1v) is 5.44. The van der Waals surface area contributed by atoms with Crippen LogP contribution in [0.1, 0.15) is 16.1 Å². The molecule has 0 radical (unpaired) electrons. The van der Waals surface area contributed by atoms with Crippen LogP contribution in [0.5, 0.6) is 0 Å². The summed E-state index contributed by atoms with van der Waals surface area (Å²) >= 11 is 0. The van der Waals surface area contributed by atoms with Gasteiger partial charge in [-0.2, -0.15) is 0 Å². The van der Waals surface area contributed by atoms with Gasteiger partial charge < -0.3 is 10.4 Å². The Balaban J connectivity index is 1.90. The lowest BCUT2D eigenvalue weighted by Crippen LogP contribution is -2.23. The molecule has 0 aliphatic carbocycles. The molecule has 0 atom stereocenters. The van der Waals surface area contributed by atoms with Gasteiger partial charge in [0.25, 0.3) is 5.91 Å². The summed E-state index contributed by atoms with van der Waals surface area (Å²) in [6, 6.07) is 3.31. The van der Waals surface area contributed by atoms with Crippen LogP contribution in [0, 0.1) is 0 Å². The molecule has 19 heavy (non-hydrogen) atoms. The van der Waals surface area contributed by atoms with Gasteiger partial charge in [0.2, 0.25) is 0 Å². The normalized spacial score (nSPS) is 10.1. The molecule has 0 saturated heterocycles. The van der Waals surface area contributed by atoms with Crippen molar-refractivity contribution >= 4 is 11.9 Å². The Morgan fingerprint density at radius 2 is 2.26 bits per heavy atom. The highest BCUT2D eigenvalue weighted by Gasteiger charge is 2.07. The van der Waals surface area contributed by atoms with E-state index in [2.05, 4.69) is 20.6 Å². The highest BCUT2D eigenvalue weighted by molar-refractivity contribution is 5.93. The molecule has 2 heterocycles. The van der Waals surface area contributed by atoms with Crippen LogP contribution < -0.4 is 5.32 Å². The number of rotatable bonds is 5. The zero-order valence-corrected chi connectivity index (χ0v) is 9.85. The van der Waals surface area contributed by atoms with Gasteiger partial charge in [0.1, 0.15) is 12.2 Å². The van der Waals surface area contributed by atoms with Crippen molar-refractivity contribution in [2.75, 3.05) is 0 Å². The molecule has 2 aromatic rings. The van der Waals surface area contributed by atoms with E-state index in [1.165, 1.54) is 17.1 Å². The molecular weight excluding hydrogens is 250 g/mol. The maximum absolute atomic E-state index is 11.7. The van der Waals surface area contributed by atoms with E-state index in [0.29, 0.717) is 11.3 Å². The summed E-state index contributed by atoms with van der Waals surface area (Å²) in [5, 5.41) is 18.6. The number of carbonyl (C=O) groups is 2. The minimum atomic E-state index is -1.00. The van der Waals surface area contributed by atoms with Gasteiger partial charge in [-0.25, -0.2) is 4.68 Å². The highest BCUT2D eigenvalue weighted by Crippen LogP contribution is 1.97. The van der Waals surface area contributed by atoms with Crippen molar-refractivity contribution in [3.63, 3.8) is 0 Å². The Morgan fingerprint density at radius 3 is 2.95 bits per heavy atom. The van der Waals surface area contributed by atoms with Crippen LogP contribution in [-0.4, -0.2) is 37.0 Å². The van der Waals surface area contributed by atoms with Crippen molar-refractivity contribution in [3.05, 3.63) is 42.0 Å². The molecule has 0 fully saturated rings. The fraction of sp³-hybridized carbons (Fsp3) is 0.182. The third-order valence-corrected chi connectivity index (χ3v) is 2.24. The van der Waals surface area contributed by atoms with Gasteiger partial charge in [-0.05, 0) is 12.1 Å². The molecule has 0 aliphatic rings. The lowest BCUT2D eigenvalue weighted by Gasteiger charge is -2.01. The van der Waals surface area contributed by atoms with Crippen LogP contribution in [0.15, 0.2) is 30.7 Å². The van der Waals surface area contributed by atoms with Crippen molar-refractivity contribution in [2.45, 2.75) is 13.1 Å². The molecule has 1 amide bonds. The van der Waals surface area contributed by atoms with Gasteiger partial charge in [0, 0.05) is 12.4 Å². The quantitative estimate of drug-likeness (QED) is 0.763. The standard InChI is InChI=1S/C11H11N5O3/c17-10(18)7-16-6-9(14-15-16)5-13-11(19)8-2-1-3-12-4-8/h1-4,6H,5,7H2,(H,13,19)(H,17,18). The second-order valence-electron chi connectivity index (χ2n) is 3.73. The monoisotopic (exact) mass is 261 g/mol. The SMILES string of the molecule is O=C(O)Cn1cc(CNC(=O)c2cccnc2)nn1. The van der Waals surface area contributed by atoms with E-state index in [9.17, 15) is 9.59 Å². The number of amides is 1. The van der Waals surface area contributed by atoms with Crippen LogP contribution in [0.2, 0.25) is 0 Å². The highest BCUT2D eigenvalue weighted by atomic mass is 16.4. The molecule has 0 bridgehead atoms. The average molecular weight is 261 g/mol. The van der Waals surface area contributed by atoms with Gasteiger partial charge in [-0.1, -0.05) is 5.21 Å². The maximum atomic E-state index is 11.7. The Hall–Kier alpha value is -2.77. The van der Waals surface area contributed by atoms with Gasteiger partial charge in [-0.3, -0.25) is 14.6 Å². The van der Waals surface area contributed by atoms with E-state index in [1.54, 1.807) is 18.3 Å². The average Bonchev–Trinajstić information content (AvgIpc) is 2.84. The van der Waals surface area contributed by atoms with Crippen molar-refractivity contribution in [2.24, 2.45) is 0 Å². The van der Waals surface area contributed by atoms with Crippen molar-refractivity contribution < 1.29 is 14.7 Å². The molecule has 2 N–H and O–H groups in total. The fourth-order valence-corrected chi connectivity index (χ4v) is 1.41. The maximum Gasteiger partial charge on any atom is 0.325 e. The Morgan fingerprint density at radius 1 is 1.42 bits per heavy atom. The minimum absolute atomic E-state index is 0.174. The molecule has 0 spiro atoms. The zero-order chi connectivity index (χ0) is 13.7. The second kappa shape index (κ2) is 5.71. The number of carbonyl (C=O) groups excluding carboxylic acids is 1. The molecular formula is C11H11N5O3. The van der Waals surface area contributed by atoms with E-state index in [-0.39, 0.29) is 19.0 Å². The van der Waals surface area contributed by atoms with Gasteiger partial charge in [0.05, 0.1) is 18.3 Å². The van der Waals surface area contributed by atoms with Gasteiger partial charge in [-0.15, -0.1) is 5.10 Å². The number of carboxylic acid groups (broad SMARTS) is 1. The fourth-order valence-electron chi connectivity index (χ4n) is 1.41. The smallest absolute Gasteiger partial charge is 0.325 e. The second-order valence-corrected chi connectivity index (χ2v) is 3.73. The van der Waals surface area contributed by atoms with E-state index in [1.807, 2.05) is 0 Å². The van der Waals surface area contributed by atoms with E-state index >= 15 is 0 Å². The summed E-state index contributed by atoms with van der Waals surface area (Å²) in [7, 11) is 0. The van der Waals surface area contributed by atoms with E-state index in [0.717, 1.165) is 0 Å². The number of aromatic nitrogens is 4. The molecule has 8 nitrogen and oxygen atoms in total. The predicted octanol–water partition coefficient (Wildman–Crippen LogP) is -0.312. The van der Waals surface area contributed by atoms with E-state index < -0.39 is 5.97 Å². The largest absolute Gasteiger partial charge is 0.480 e. The lowest BCUT2D eigenvalue weighted by molar-refractivity contribution is -0.137. The van der Waals surface area contributed by atoms with Crippen LogP contribution in [0.3, 0.4) is 0 Å². The van der Waals surface area contributed by atoms with Gasteiger partial charge in [0.15, 0.2) is 0 Å². The van der Waals surface area contributed by atoms with Crippen molar-refractivity contribution in [1.29, 1.82) is 0 Å². The summed E-state index contributed by atoms with van der Waals surface area (Å²) in [5.74, 6) is -1.28. The lowest BCUT2D eigenvalue weighted by atomic mass is 10.2. The van der Waals surface area contributed by atoms with Crippen LogP contribution >= 0.6 is 0 Å². The summed E-state index contributed by atoms with van der Waals surface area (Å²) in [6.45, 7) is -0.0864. The number of nitrogens with zero attached hydrogens (tertiary/aromatic N) is 4. The topological polar surface area (TPSA) is 110 Å². The molecule has 0 aliphatic heterocycles. The first-order valence-electron chi connectivity index (χ1n) is 5.44. The zero-order valence-electron chi connectivity index (χ0n) is 9.85. The first kappa shape index (κ1) is 12.7. The number of pyridine rings is 1.